The Bertz CT molecular complexity index is 712. The van der Waals surface area contributed by atoms with E-state index in [0.717, 1.165) is 4.68 Å². The Morgan fingerprint density at radius 2 is 2.14 bits per heavy atom. The van der Waals surface area contributed by atoms with E-state index in [2.05, 4.69) is 15.5 Å². The van der Waals surface area contributed by atoms with Crippen LogP contribution >= 0.6 is 0 Å². The lowest BCUT2D eigenvalue weighted by molar-refractivity contribution is -0.125. The molecule has 0 radical (unpaired) electrons. The van der Waals surface area contributed by atoms with Gasteiger partial charge >= 0.3 is 6.18 Å². The fraction of sp³-hybridized carbons (Fsp3) is 0.250. The van der Waals surface area contributed by atoms with Crippen molar-refractivity contribution in [1.29, 1.82) is 0 Å². The SMILES string of the molecule is COc1ccc(-n2nnnc2C(=O)CC(F)(F)F)cc1C=O. The smallest absolute Gasteiger partial charge is 0.396 e. The number of tetrazole rings is 1. The Balaban J connectivity index is 2.41. The highest BCUT2D eigenvalue weighted by Gasteiger charge is 2.34. The largest absolute Gasteiger partial charge is 0.496 e. The summed E-state index contributed by atoms with van der Waals surface area (Å²) in [7, 11) is 1.36. The topological polar surface area (TPSA) is 87.0 Å². The molecule has 0 saturated carbocycles. The van der Waals surface area contributed by atoms with Crippen LogP contribution in [0.3, 0.4) is 0 Å². The molecule has 10 heteroatoms. The summed E-state index contributed by atoms with van der Waals surface area (Å²) in [6.45, 7) is 0. The lowest BCUT2D eigenvalue weighted by Gasteiger charge is -2.08. The molecule has 1 heterocycles. The summed E-state index contributed by atoms with van der Waals surface area (Å²) < 4.78 is 42.6. The number of rotatable bonds is 5. The highest BCUT2D eigenvalue weighted by Crippen LogP contribution is 2.23. The molecule has 0 spiro atoms. The maximum Gasteiger partial charge on any atom is 0.396 e. The van der Waals surface area contributed by atoms with Crippen molar-refractivity contribution in [2.45, 2.75) is 12.6 Å². The standard InChI is InChI=1S/C12H9F3N4O3/c1-22-10-3-2-8(4-7(10)6-20)19-11(16-17-18-19)9(21)5-12(13,14)15/h2-4,6H,5H2,1H3. The minimum absolute atomic E-state index is 0.143. The molecule has 0 aliphatic heterocycles. The Morgan fingerprint density at radius 1 is 1.41 bits per heavy atom. The molecule has 1 aromatic carbocycles. The van der Waals surface area contributed by atoms with Crippen molar-refractivity contribution in [3.63, 3.8) is 0 Å². The first-order chi connectivity index (χ1) is 10.4. The van der Waals surface area contributed by atoms with E-state index in [1.165, 1.54) is 25.3 Å². The zero-order valence-corrected chi connectivity index (χ0v) is 11.2. The molecule has 2 aromatic rings. The molecule has 0 atom stereocenters. The lowest BCUT2D eigenvalue weighted by Crippen LogP contribution is -2.19. The number of ether oxygens (including phenoxy) is 1. The van der Waals surface area contributed by atoms with E-state index in [1.54, 1.807) is 0 Å². The first-order valence-corrected chi connectivity index (χ1v) is 5.87. The van der Waals surface area contributed by atoms with Crippen molar-refractivity contribution in [2.24, 2.45) is 0 Å². The molecule has 0 amide bonds. The fourth-order valence-electron chi connectivity index (χ4n) is 1.74. The number of halogens is 3. The van der Waals surface area contributed by atoms with Crippen LogP contribution in [0.5, 0.6) is 5.75 Å². The van der Waals surface area contributed by atoms with Crippen LogP contribution in [0.15, 0.2) is 18.2 Å². The van der Waals surface area contributed by atoms with Crippen LogP contribution in [0.4, 0.5) is 13.2 Å². The van der Waals surface area contributed by atoms with Crippen LogP contribution in [-0.2, 0) is 0 Å². The van der Waals surface area contributed by atoms with Gasteiger partial charge in [-0.2, -0.15) is 17.9 Å². The van der Waals surface area contributed by atoms with Crippen molar-refractivity contribution in [3.05, 3.63) is 29.6 Å². The lowest BCUT2D eigenvalue weighted by atomic mass is 10.2. The molecule has 116 valence electrons. The Hall–Kier alpha value is -2.78. The molecule has 0 saturated heterocycles. The van der Waals surface area contributed by atoms with Crippen molar-refractivity contribution < 1.29 is 27.5 Å². The van der Waals surface area contributed by atoms with E-state index in [0.29, 0.717) is 6.29 Å². The van der Waals surface area contributed by atoms with E-state index in [9.17, 15) is 22.8 Å². The third-order valence-corrected chi connectivity index (χ3v) is 2.66. The number of aromatic nitrogens is 4. The highest BCUT2D eigenvalue weighted by atomic mass is 19.4. The van der Waals surface area contributed by atoms with Gasteiger partial charge < -0.3 is 4.74 Å². The minimum atomic E-state index is -4.66. The zero-order valence-electron chi connectivity index (χ0n) is 11.2. The van der Waals surface area contributed by atoms with Gasteiger partial charge in [0.15, 0.2) is 6.29 Å². The molecular weight excluding hydrogens is 305 g/mol. The van der Waals surface area contributed by atoms with Gasteiger partial charge in [-0.1, -0.05) is 0 Å². The summed E-state index contributed by atoms with van der Waals surface area (Å²) in [6.07, 6.45) is -5.84. The molecule has 0 aliphatic rings. The van der Waals surface area contributed by atoms with E-state index < -0.39 is 24.2 Å². The Labute approximate surface area is 121 Å². The Morgan fingerprint density at radius 3 is 2.73 bits per heavy atom. The number of hydrogen-bond donors (Lipinski definition) is 0. The summed E-state index contributed by atoms with van der Waals surface area (Å²) in [5, 5.41) is 9.99. The second kappa shape index (κ2) is 5.92. The van der Waals surface area contributed by atoms with Crippen LogP contribution in [0.25, 0.3) is 5.69 Å². The third kappa shape index (κ3) is 3.27. The molecule has 0 N–H and O–H groups in total. The second-order valence-electron chi connectivity index (χ2n) is 4.17. The predicted molar refractivity (Wildman–Crippen MR) is 66.1 cm³/mol. The molecule has 0 aliphatic carbocycles. The second-order valence-corrected chi connectivity index (χ2v) is 4.17. The molecule has 22 heavy (non-hydrogen) atoms. The van der Waals surface area contributed by atoms with Gasteiger partial charge in [-0.05, 0) is 28.6 Å². The van der Waals surface area contributed by atoms with E-state index in [1.807, 2.05) is 0 Å². The maximum absolute atomic E-state index is 12.3. The van der Waals surface area contributed by atoms with Gasteiger partial charge in [0.05, 0.1) is 18.4 Å². The van der Waals surface area contributed by atoms with Crippen molar-refractivity contribution in [1.82, 2.24) is 20.2 Å². The molecule has 1 aromatic heterocycles. The number of hydrogen-bond acceptors (Lipinski definition) is 6. The van der Waals surface area contributed by atoms with Crippen molar-refractivity contribution in [2.75, 3.05) is 7.11 Å². The summed E-state index contributed by atoms with van der Waals surface area (Å²) in [6, 6.07) is 4.12. The first-order valence-electron chi connectivity index (χ1n) is 5.87. The number of nitrogens with zero attached hydrogens (tertiary/aromatic N) is 4. The number of aldehydes is 1. The van der Waals surface area contributed by atoms with Crippen molar-refractivity contribution in [3.8, 4) is 11.4 Å². The minimum Gasteiger partial charge on any atom is -0.496 e. The number of Topliss-reactive ketones (excluding diaryl/α,β-unsaturated/α-hetero) is 1. The molecule has 7 nitrogen and oxygen atoms in total. The van der Waals surface area contributed by atoms with E-state index in [-0.39, 0.29) is 17.0 Å². The van der Waals surface area contributed by atoms with Crippen LogP contribution in [-0.4, -0.2) is 45.6 Å². The van der Waals surface area contributed by atoms with E-state index in [4.69, 9.17) is 4.74 Å². The van der Waals surface area contributed by atoms with Gasteiger partial charge in [0.1, 0.15) is 12.2 Å². The first kappa shape index (κ1) is 15.6. The quantitative estimate of drug-likeness (QED) is 0.615. The molecule has 0 bridgehead atoms. The van der Waals surface area contributed by atoms with Gasteiger partial charge in [0.2, 0.25) is 11.6 Å². The number of benzene rings is 1. The van der Waals surface area contributed by atoms with Gasteiger partial charge in [-0.25, -0.2) is 0 Å². The van der Waals surface area contributed by atoms with Crippen molar-refractivity contribution >= 4 is 12.1 Å². The Kier molecular flexibility index (Phi) is 4.20. The number of alkyl halides is 3. The van der Waals surface area contributed by atoms with Gasteiger partial charge in [0, 0.05) is 0 Å². The molecule has 2 rings (SSSR count). The molecule has 0 fully saturated rings. The van der Waals surface area contributed by atoms with Crippen LogP contribution in [0.1, 0.15) is 27.4 Å². The average molecular weight is 314 g/mol. The van der Waals surface area contributed by atoms with Gasteiger partial charge in [-0.15, -0.1) is 5.10 Å². The molecular formula is C12H9F3N4O3. The number of carbonyl (C=O) groups is 2. The van der Waals surface area contributed by atoms with Crippen LogP contribution in [0, 0.1) is 0 Å². The predicted octanol–water partition coefficient (Wildman–Crippen LogP) is 1.62. The third-order valence-electron chi connectivity index (χ3n) is 2.66. The fourth-order valence-corrected chi connectivity index (χ4v) is 1.74. The maximum atomic E-state index is 12.3. The van der Waals surface area contributed by atoms with Gasteiger partial charge in [-0.3, -0.25) is 9.59 Å². The monoisotopic (exact) mass is 314 g/mol. The normalized spacial score (nSPS) is 11.3. The zero-order chi connectivity index (χ0) is 16.3. The average Bonchev–Trinajstić information content (AvgIpc) is 2.94. The summed E-state index contributed by atoms with van der Waals surface area (Å²) in [4.78, 5) is 22.6. The van der Waals surface area contributed by atoms with Gasteiger partial charge in [0.25, 0.3) is 0 Å². The summed E-state index contributed by atoms with van der Waals surface area (Å²) in [5.41, 5.74) is 0.308. The summed E-state index contributed by atoms with van der Waals surface area (Å²) >= 11 is 0. The highest BCUT2D eigenvalue weighted by molar-refractivity contribution is 5.93. The number of carbonyl (C=O) groups excluding carboxylic acids is 2. The molecule has 0 unspecified atom stereocenters. The summed E-state index contributed by atoms with van der Waals surface area (Å²) in [5.74, 6) is -1.57. The van der Waals surface area contributed by atoms with E-state index >= 15 is 0 Å². The van der Waals surface area contributed by atoms with Crippen LogP contribution in [0.2, 0.25) is 0 Å². The number of ketones is 1. The number of methoxy groups -OCH3 is 1. The van der Waals surface area contributed by atoms with Crippen LogP contribution < -0.4 is 4.74 Å².